The number of ether oxygens (including phenoxy) is 4. The highest BCUT2D eigenvalue weighted by atomic mass is 16.5. The number of carbonyl (C=O) groups is 1. The number of rotatable bonds is 8. The van der Waals surface area contributed by atoms with Gasteiger partial charge in [-0.25, -0.2) is 9.78 Å². The molecule has 0 amide bonds. The number of aryl methyl sites for hydroxylation is 1. The van der Waals surface area contributed by atoms with Crippen molar-refractivity contribution in [3.05, 3.63) is 59.8 Å². The maximum Gasteiger partial charge on any atom is 0.341 e. The quantitative estimate of drug-likeness (QED) is 0.570. The molecule has 0 saturated heterocycles. The van der Waals surface area contributed by atoms with Crippen molar-refractivity contribution in [2.75, 3.05) is 21.3 Å². The van der Waals surface area contributed by atoms with Crippen molar-refractivity contribution in [3.8, 4) is 40.0 Å². The van der Waals surface area contributed by atoms with Crippen LogP contribution in [0.25, 0.3) is 11.1 Å². The van der Waals surface area contributed by atoms with Gasteiger partial charge in [-0.15, -0.1) is 0 Å². The highest BCUT2D eigenvalue weighted by molar-refractivity contribution is 5.98. The fourth-order valence-electron chi connectivity index (χ4n) is 3.02. The van der Waals surface area contributed by atoms with Gasteiger partial charge in [0.2, 0.25) is 5.88 Å². The molecule has 0 bridgehead atoms. The van der Waals surface area contributed by atoms with Crippen LogP contribution in [-0.4, -0.2) is 37.4 Å². The number of carboxylic acids is 1. The Morgan fingerprint density at radius 1 is 0.900 bits per heavy atom. The average Bonchev–Trinajstić information content (AvgIpc) is 2.78. The Hall–Kier alpha value is -3.74. The van der Waals surface area contributed by atoms with Crippen LogP contribution in [0.2, 0.25) is 0 Å². The van der Waals surface area contributed by atoms with Crippen LogP contribution in [0.3, 0.4) is 0 Å². The summed E-state index contributed by atoms with van der Waals surface area (Å²) < 4.78 is 21.6. The Bertz CT molecular complexity index is 1050. The second-order valence-corrected chi connectivity index (χ2v) is 6.35. The van der Waals surface area contributed by atoms with E-state index < -0.39 is 5.97 Å². The van der Waals surface area contributed by atoms with E-state index >= 15 is 0 Å². The number of carboxylic acid groups (broad SMARTS) is 1. The topological polar surface area (TPSA) is 87.1 Å². The summed E-state index contributed by atoms with van der Waals surface area (Å²) >= 11 is 0. The van der Waals surface area contributed by atoms with Crippen LogP contribution in [0.1, 0.15) is 23.0 Å². The van der Waals surface area contributed by atoms with Gasteiger partial charge in [-0.05, 0) is 42.3 Å². The van der Waals surface area contributed by atoms with Gasteiger partial charge in [-0.2, -0.15) is 0 Å². The Kier molecular flexibility index (Phi) is 6.41. The molecule has 3 rings (SSSR count). The molecule has 0 aliphatic carbocycles. The summed E-state index contributed by atoms with van der Waals surface area (Å²) in [5, 5.41) is 9.94. The third-order valence-electron chi connectivity index (χ3n) is 4.59. The summed E-state index contributed by atoms with van der Waals surface area (Å²) in [5.41, 5.74) is 1.93. The van der Waals surface area contributed by atoms with Crippen LogP contribution >= 0.6 is 0 Å². The Balaban J connectivity index is 2.12. The molecule has 0 atom stereocenters. The molecule has 0 saturated carbocycles. The molecule has 156 valence electrons. The molecule has 1 heterocycles. The Morgan fingerprint density at radius 3 is 2.13 bits per heavy atom. The molecule has 0 aliphatic rings. The molecule has 0 aliphatic heterocycles. The standard InChI is InChI=1S/C23H23NO6/c1-5-15-12-18(14-6-8-16(27-2)9-7-14)21(23(25)26)22(24-15)30-17-10-11-19(28-3)20(13-17)29-4/h6-13H,5H2,1-4H3,(H,25,26). The lowest BCUT2D eigenvalue weighted by Gasteiger charge is -2.15. The van der Waals surface area contributed by atoms with Gasteiger partial charge < -0.3 is 24.1 Å². The van der Waals surface area contributed by atoms with E-state index in [0.29, 0.717) is 40.7 Å². The van der Waals surface area contributed by atoms with Gasteiger partial charge >= 0.3 is 5.97 Å². The summed E-state index contributed by atoms with van der Waals surface area (Å²) in [4.78, 5) is 16.6. The van der Waals surface area contributed by atoms with Crippen LogP contribution in [0.4, 0.5) is 0 Å². The van der Waals surface area contributed by atoms with Crippen LogP contribution < -0.4 is 18.9 Å². The normalized spacial score (nSPS) is 10.4. The highest BCUT2D eigenvalue weighted by Crippen LogP contribution is 2.37. The lowest BCUT2D eigenvalue weighted by atomic mass is 9.99. The van der Waals surface area contributed by atoms with E-state index in [1.165, 1.54) is 14.2 Å². The molecule has 0 spiro atoms. The van der Waals surface area contributed by atoms with Crippen molar-refractivity contribution < 1.29 is 28.8 Å². The zero-order chi connectivity index (χ0) is 21.7. The second kappa shape index (κ2) is 9.17. The highest BCUT2D eigenvalue weighted by Gasteiger charge is 2.22. The van der Waals surface area contributed by atoms with Gasteiger partial charge in [0.1, 0.15) is 17.1 Å². The zero-order valence-corrected chi connectivity index (χ0v) is 17.3. The monoisotopic (exact) mass is 409 g/mol. The summed E-state index contributed by atoms with van der Waals surface area (Å²) in [7, 11) is 4.63. The molecule has 30 heavy (non-hydrogen) atoms. The summed E-state index contributed by atoms with van der Waals surface area (Å²) in [6, 6.07) is 13.9. The average molecular weight is 409 g/mol. The van der Waals surface area contributed by atoms with E-state index in [-0.39, 0.29) is 11.4 Å². The minimum absolute atomic E-state index is 0.0138. The summed E-state index contributed by atoms with van der Waals surface area (Å²) in [6.45, 7) is 1.95. The lowest BCUT2D eigenvalue weighted by Crippen LogP contribution is -2.07. The maximum atomic E-state index is 12.2. The fourth-order valence-corrected chi connectivity index (χ4v) is 3.02. The summed E-state index contributed by atoms with van der Waals surface area (Å²) in [6.07, 6.45) is 0.616. The van der Waals surface area contributed by atoms with Crippen molar-refractivity contribution in [3.63, 3.8) is 0 Å². The number of hydrogen-bond donors (Lipinski definition) is 1. The van der Waals surface area contributed by atoms with Gasteiger partial charge in [-0.1, -0.05) is 19.1 Å². The Labute approximate surface area is 174 Å². The predicted octanol–water partition coefficient (Wildman–Crippen LogP) is 4.83. The van der Waals surface area contributed by atoms with Crippen molar-refractivity contribution >= 4 is 5.97 Å². The molecular formula is C23H23NO6. The first-order chi connectivity index (χ1) is 14.5. The second-order valence-electron chi connectivity index (χ2n) is 6.35. The number of benzene rings is 2. The molecule has 2 aromatic carbocycles. The molecule has 0 fully saturated rings. The van der Waals surface area contributed by atoms with Gasteiger partial charge in [-0.3, -0.25) is 0 Å². The van der Waals surface area contributed by atoms with Crippen LogP contribution in [0, 0.1) is 0 Å². The molecule has 3 aromatic rings. The number of methoxy groups -OCH3 is 3. The SMILES string of the molecule is CCc1cc(-c2ccc(OC)cc2)c(C(=O)O)c(Oc2ccc(OC)c(OC)c2)n1. The lowest BCUT2D eigenvalue weighted by molar-refractivity contribution is 0.0694. The Morgan fingerprint density at radius 2 is 1.57 bits per heavy atom. The molecule has 1 aromatic heterocycles. The van der Waals surface area contributed by atoms with E-state index in [1.807, 2.05) is 6.92 Å². The first-order valence-electron chi connectivity index (χ1n) is 9.32. The summed E-state index contributed by atoms with van der Waals surface area (Å²) in [5.74, 6) is 0.955. The number of pyridine rings is 1. The van der Waals surface area contributed by atoms with E-state index in [0.717, 1.165) is 5.56 Å². The molecular weight excluding hydrogens is 386 g/mol. The molecule has 0 unspecified atom stereocenters. The van der Waals surface area contributed by atoms with E-state index in [4.69, 9.17) is 18.9 Å². The van der Waals surface area contributed by atoms with Crippen molar-refractivity contribution in [2.45, 2.75) is 13.3 Å². The first kappa shape index (κ1) is 21.0. The number of aromatic nitrogens is 1. The van der Waals surface area contributed by atoms with Gasteiger partial charge in [0.15, 0.2) is 11.5 Å². The minimum Gasteiger partial charge on any atom is -0.497 e. The molecule has 7 heteroatoms. The predicted molar refractivity (Wildman–Crippen MR) is 112 cm³/mol. The number of hydrogen-bond acceptors (Lipinski definition) is 6. The molecule has 1 N–H and O–H groups in total. The zero-order valence-electron chi connectivity index (χ0n) is 17.3. The van der Waals surface area contributed by atoms with E-state index in [9.17, 15) is 9.90 Å². The maximum absolute atomic E-state index is 12.2. The van der Waals surface area contributed by atoms with Crippen LogP contribution in [0.15, 0.2) is 48.5 Å². The van der Waals surface area contributed by atoms with Crippen molar-refractivity contribution in [1.82, 2.24) is 4.98 Å². The minimum atomic E-state index is -1.13. The molecule has 0 radical (unpaired) electrons. The van der Waals surface area contributed by atoms with Crippen LogP contribution in [0.5, 0.6) is 28.9 Å². The van der Waals surface area contributed by atoms with Gasteiger partial charge in [0.05, 0.1) is 21.3 Å². The number of nitrogens with zero attached hydrogens (tertiary/aromatic N) is 1. The van der Waals surface area contributed by atoms with E-state index in [1.54, 1.807) is 55.6 Å². The molecule has 7 nitrogen and oxygen atoms in total. The fraction of sp³-hybridized carbons (Fsp3) is 0.217. The van der Waals surface area contributed by atoms with Gasteiger partial charge in [0, 0.05) is 17.3 Å². The first-order valence-corrected chi connectivity index (χ1v) is 9.32. The smallest absolute Gasteiger partial charge is 0.341 e. The third kappa shape index (κ3) is 4.30. The van der Waals surface area contributed by atoms with Crippen molar-refractivity contribution in [2.24, 2.45) is 0 Å². The van der Waals surface area contributed by atoms with Gasteiger partial charge in [0.25, 0.3) is 0 Å². The third-order valence-corrected chi connectivity index (χ3v) is 4.59. The number of aromatic carboxylic acids is 1. The van der Waals surface area contributed by atoms with E-state index in [2.05, 4.69) is 4.98 Å². The largest absolute Gasteiger partial charge is 0.497 e. The van der Waals surface area contributed by atoms with Crippen LogP contribution in [-0.2, 0) is 6.42 Å². The van der Waals surface area contributed by atoms with Crippen molar-refractivity contribution in [1.29, 1.82) is 0 Å².